The van der Waals surface area contributed by atoms with Gasteiger partial charge in [0.05, 0.1) is 11.1 Å². The number of hydrogen-bond acceptors (Lipinski definition) is 4. The second-order valence-corrected chi connectivity index (χ2v) is 4.08. The zero-order valence-corrected chi connectivity index (χ0v) is 9.91. The highest BCUT2D eigenvalue weighted by Gasteiger charge is 2.01. The highest BCUT2D eigenvalue weighted by Crippen LogP contribution is 2.07. The summed E-state index contributed by atoms with van der Waals surface area (Å²) < 4.78 is 5.91. The van der Waals surface area contributed by atoms with Crippen LogP contribution in [-0.4, -0.2) is 30.2 Å². The van der Waals surface area contributed by atoms with Crippen LogP contribution in [0.25, 0.3) is 0 Å². The Balaban J connectivity index is 2.34. The topological polar surface area (TPSA) is 47.0 Å². The Morgan fingerprint density at radius 2 is 2.14 bits per heavy atom. The number of rotatable bonds is 5. The molecule has 0 spiro atoms. The standard InChI is InChI=1S/C9H14BrN3O/c1-7(6-14-2)3-11-9-12-4-8(10)5-13-9/h4-5,7H,3,6H2,1-2H3,(H,11,12,13). The van der Waals surface area contributed by atoms with Gasteiger partial charge < -0.3 is 10.1 Å². The van der Waals surface area contributed by atoms with Gasteiger partial charge in [-0.2, -0.15) is 0 Å². The molecule has 1 unspecified atom stereocenters. The summed E-state index contributed by atoms with van der Waals surface area (Å²) in [4.78, 5) is 8.20. The molecule has 0 fully saturated rings. The molecule has 4 nitrogen and oxygen atoms in total. The molecule has 0 radical (unpaired) electrons. The lowest BCUT2D eigenvalue weighted by atomic mass is 10.2. The Morgan fingerprint density at radius 1 is 1.50 bits per heavy atom. The molecule has 0 bridgehead atoms. The molecule has 0 amide bonds. The predicted molar refractivity (Wildman–Crippen MR) is 59.3 cm³/mol. The largest absolute Gasteiger partial charge is 0.384 e. The molecule has 0 saturated carbocycles. The minimum absolute atomic E-state index is 0.451. The first kappa shape index (κ1) is 11.4. The van der Waals surface area contributed by atoms with E-state index >= 15 is 0 Å². The average Bonchev–Trinajstić information content (AvgIpc) is 2.17. The van der Waals surface area contributed by atoms with Gasteiger partial charge in [-0.1, -0.05) is 6.92 Å². The van der Waals surface area contributed by atoms with Crippen molar-refractivity contribution in [1.29, 1.82) is 0 Å². The lowest BCUT2D eigenvalue weighted by Crippen LogP contribution is -2.16. The summed E-state index contributed by atoms with van der Waals surface area (Å²) >= 11 is 3.28. The van der Waals surface area contributed by atoms with Crippen molar-refractivity contribution in [2.24, 2.45) is 5.92 Å². The van der Waals surface area contributed by atoms with Gasteiger partial charge in [-0.25, -0.2) is 9.97 Å². The van der Waals surface area contributed by atoms with E-state index in [1.165, 1.54) is 0 Å². The predicted octanol–water partition coefficient (Wildman–Crippen LogP) is 1.93. The van der Waals surface area contributed by atoms with Crippen LogP contribution in [0.2, 0.25) is 0 Å². The Hall–Kier alpha value is -0.680. The van der Waals surface area contributed by atoms with Gasteiger partial charge in [0.15, 0.2) is 0 Å². The van der Waals surface area contributed by atoms with Crippen molar-refractivity contribution in [1.82, 2.24) is 9.97 Å². The molecule has 1 N–H and O–H groups in total. The van der Waals surface area contributed by atoms with Gasteiger partial charge in [0.1, 0.15) is 0 Å². The number of ether oxygens (including phenoxy) is 1. The highest BCUT2D eigenvalue weighted by atomic mass is 79.9. The molecule has 5 heteroatoms. The second-order valence-electron chi connectivity index (χ2n) is 3.17. The van der Waals surface area contributed by atoms with E-state index in [1.807, 2.05) is 0 Å². The number of nitrogens with zero attached hydrogens (tertiary/aromatic N) is 2. The van der Waals surface area contributed by atoms with Crippen LogP contribution in [0.1, 0.15) is 6.92 Å². The van der Waals surface area contributed by atoms with Crippen LogP contribution in [0.15, 0.2) is 16.9 Å². The van der Waals surface area contributed by atoms with E-state index in [0.29, 0.717) is 11.9 Å². The fourth-order valence-corrected chi connectivity index (χ4v) is 1.22. The molecule has 1 heterocycles. The van der Waals surface area contributed by atoms with Crippen molar-refractivity contribution in [3.63, 3.8) is 0 Å². The fourth-order valence-electron chi connectivity index (χ4n) is 1.01. The lowest BCUT2D eigenvalue weighted by Gasteiger charge is -2.10. The number of halogens is 1. The van der Waals surface area contributed by atoms with Crippen LogP contribution in [0.5, 0.6) is 0 Å². The highest BCUT2D eigenvalue weighted by molar-refractivity contribution is 9.10. The maximum atomic E-state index is 5.02. The molecule has 0 saturated heterocycles. The van der Waals surface area contributed by atoms with E-state index in [-0.39, 0.29) is 0 Å². The van der Waals surface area contributed by atoms with E-state index < -0.39 is 0 Å². The molecule has 0 aliphatic carbocycles. The van der Waals surface area contributed by atoms with Crippen LogP contribution in [-0.2, 0) is 4.74 Å². The fraction of sp³-hybridized carbons (Fsp3) is 0.556. The molecular formula is C9H14BrN3O. The molecule has 0 aliphatic rings. The van der Waals surface area contributed by atoms with Crippen LogP contribution in [0, 0.1) is 5.92 Å². The summed E-state index contributed by atoms with van der Waals surface area (Å²) in [6.07, 6.45) is 3.44. The van der Waals surface area contributed by atoms with E-state index in [4.69, 9.17) is 4.74 Å². The summed E-state index contributed by atoms with van der Waals surface area (Å²) in [5, 5.41) is 3.13. The summed E-state index contributed by atoms with van der Waals surface area (Å²) in [6, 6.07) is 0. The van der Waals surface area contributed by atoms with Crippen LogP contribution in [0.3, 0.4) is 0 Å². The second kappa shape index (κ2) is 5.93. The zero-order valence-electron chi connectivity index (χ0n) is 8.33. The van der Waals surface area contributed by atoms with Crippen molar-refractivity contribution in [3.8, 4) is 0 Å². The van der Waals surface area contributed by atoms with Gasteiger partial charge in [0.25, 0.3) is 0 Å². The van der Waals surface area contributed by atoms with Crippen molar-refractivity contribution < 1.29 is 4.74 Å². The van der Waals surface area contributed by atoms with E-state index in [0.717, 1.165) is 17.6 Å². The van der Waals surface area contributed by atoms with Gasteiger partial charge in [-0.15, -0.1) is 0 Å². The van der Waals surface area contributed by atoms with Gasteiger partial charge in [-0.05, 0) is 21.8 Å². The zero-order chi connectivity index (χ0) is 10.4. The Labute approximate surface area is 92.2 Å². The van der Waals surface area contributed by atoms with E-state index in [1.54, 1.807) is 19.5 Å². The third-order valence-electron chi connectivity index (χ3n) is 1.68. The van der Waals surface area contributed by atoms with E-state index in [9.17, 15) is 0 Å². The van der Waals surface area contributed by atoms with Crippen LogP contribution < -0.4 is 5.32 Å². The van der Waals surface area contributed by atoms with E-state index in [2.05, 4.69) is 38.1 Å². The van der Waals surface area contributed by atoms with Crippen molar-refractivity contribution in [3.05, 3.63) is 16.9 Å². The van der Waals surface area contributed by atoms with Crippen molar-refractivity contribution >= 4 is 21.9 Å². The minimum Gasteiger partial charge on any atom is -0.384 e. The summed E-state index contributed by atoms with van der Waals surface area (Å²) in [6.45, 7) is 3.66. The quantitative estimate of drug-likeness (QED) is 0.878. The molecule has 14 heavy (non-hydrogen) atoms. The molecule has 1 aromatic rings. The third kappa shape index (κ3) is 4.02. The molecule has 1 rings (SSSR count). The lowest BCUT2D eigenvalue weighted by molar-refractivity contribution is 0.164. The van der Waals surface area contributed by atoms with Crippen molar-refractivity contribution in [2.75, 3.05) is 25.6 Å². The first-order valence-corrected chi connectivity index (χ1v) is 5.22. The Kier molecular flexibility index (Phi) is 4.82. The number of anilines is 1. The first-order chi connectivity index (χ1) is 6.72. The van der Waals surface area contributed by atoms with Gasteiger partial charge in [0, 0.05) is 26.0 Å². The van der Waals surface area contributed by atoms with Gasteiger partial charge >= 0.3 is 0 Å². The third-order valence-corrected chi connectivity index (χ3v) is 2.09. The summed E-state index contributed by atoms with van der Waals surface area (Å²) in [5.74, 6) is 1.10. The molecule has 0 aromatic carbocycles. The Morgan fingerprint density at radius 3 is 2.71 bits per heavy atom. The Bertz CT molecular complexity index is 265. The average molecular weight is 260 g/mol. The number of hydrogen-bond donors (Lipinski definition) is 1. The molecular weight excluding hydrogens is 246 g/mol. The minimum atomic E-state index is 0.451. The number of methoxy groups -OCH3 is 1. The molecule has 0 aliphatic heterocycles. The van der Waals surface area contributed by atoms with Crippen LogP contribution in [0.4, 0.5) is 5.95 Å². The van der Waals surface area contributed by atoms with Crippen LogP contribution >= 0.6 is 15.9 Å². The normalized spacial score (nSPS) is 12.5. The summed E-state index contributed by atoms with van der Waals surface area (Å²) in [5.41, 5.74) is 0. The monoisotopic (exact) mass is 259 g/mol. The maximum absolute atomic E-state index is 5.02. The van der Waals surface area contributed by atoms with Gasteiger partial charge in [0.2, 0.25) is 5.95 Å². The molecule has 1 aromatic heterocycles. The number of aromatic nitrogens is 2. The maximum Gasteiger partial charge on any atom is 0.222 e. The number of nitrogens with one attached hydrogen (secondary N) is 1. The SMILES string of the molecule is COCC(C)CNc1ncc(Br)cn1. The first-order valence-electron chi connectivity index (χ1n) is 4.42. The smallest absolute Gasteiger partial charge is 0.222 e. The molecule has 1 atom stereocenters. The molecule has 78 valence electrons. The van der Waals surface area contributed by atoms with Gasteiger partial charge in [-0.3, -0.25) is 0 Å². The van der Waals surface area contributed by atoms with Crippen molar-refractivity contribution in [2.45, 2.75) is 6.92 Å². The summed E-state index contributed by atoms with van der Waals surface area (Å²) in [7, 11) is 1.70.